The van der Waals surface area contributed by atoms with Crippen molar-refractivity contribution in [1.82, 2.24) is 5.32 Å². The normalized spacial score (nSPS) is 10.8. The van der Waals surface area contributed by atoms with Gasteiger partial charge in [-0.1, -0.05) is 6.92 Å². The van der Waals surface area contributed by atoms with Gasteiger partial charge in [0.2, 0.25) is 0 Å². The predicted octanol–water partition coefficient (Wildman–Crippen LogP) is -0.0270. The molecule has 3 N–H and O–H groups in total. The van der Waals surface area contributed by atoms with E-state index in [1.165, 1.54) is 12.8 Å². The molecule has 0 fully saturated rings. The Kier molecular flexibility index (Phi) is 6.96. The molecule has 0 rings (SSSR count). The topological polar surface area (TPSA) is 50.4 Å². The molecule has 0 atom stereocenters. The number of hydrogen-bond donors (Lipinski definition) is 2. The number of hydrogen-bond acceptors (Lipinski definition) is 2. The Bertz CT molecular complexity index is 70.7. The Balaban J connectivity index is 2.75. The van der Waals surface area contributed by atoms with Crippen LogP contribution < -0.4 is 11.1 Å². The summed E-state index contributed by atoms with van der Waals surface area (Å²) in [6.07, 6.45) is 2.51. The monoisotopic (exact) mass is 129 g/mol. The highest BCUT2D eigenvalue weighted by molar-refractivity contribution is 5.50. The summed E-state index contributed by atoms with van der Waals surface area (Å²) in [5, 5.41) is 3.20. The molecule has 0 radical (unpaired) electrons. The van der Waals surface area contributed by atoms with Crippen molar-refractivity contribution >= 4 is 6.34 Å². The molecule has 0 aromatic rings. The van der Waals surface area contributed by atoms with Crippen molar-refractivity contribution in [3.63, 3.8) is 0 Å². The van der Waals surface area contributed by atoms with Crippen LogP contribution in [0.15, 0.2) is 4.99 Å². The van der Waals surface area contributed by atoms with Crippen LogP contribution in [0.25, 0.3) is 0 Å². The van der Waals surface area contributed by atoms with Crippen LogP contribution in [0.3, 0.4) is 0 Å². The molecule has 0 saturated carbocycles. The van der Waals surface area contributed by atoms with Gasteiger partial charge in [-0.2, -0.15) is 0 Å². The highest BCUT2D eigenvalue weighted by atomic mass is 14.9. The van der Waals surface area contributed by atoms with Crippen LogP contribution in [0.4, 0.5) is 0 Å². The standard InChI is InChI=1S/C6H15N3/c1-2-3-8-4-5-9-6-7/h6,8H,2-5H2,1H3,(H2,7,9). The Morgan fingerprint density at radius 3 is 2.89 bits per heavy atom. The molecule has 0 spiro atoms. The minimum Gasteiger partial charge on any atom is -0.390 e. The molecule has 0 amide bonds. The molecule has 3 nitrogen and oxygen atoms in total. The summed E-state index contributed by atoms with van der Waals surface area (Å²) in [7, 11) is 0. The molecule has 9 heavy (non-hydrogen) atoms. The first-order chi connectivity index (χ1) is 4.41. The van der Waals surface area contributed by atoms with Gasteiger partial charge in [-0.05, 0) is 13.0 Å². The molecule has 3 heteroatoms. The van der Waals surface area contributed by atoms with Crippen molar-refractivity contribution in [1.29, 1.82) is 0 Å². The zero-order valence-electron chi connectivity index (χ0n) is 5.93. The molecule has 0 aromatic carbocycles. The van der Waals surface area contributed by atoms with E-state index in [4.69, 9.17) is 5.73 Å². The third kappa shape index (κ3) is 7.43. The number of nitrogens with two attached hydrogens (primary N) is 1. The summed E-state index contributed by atoms with van der Waals surface area (Å²) in [6, 6.07) is 0. The molecule has 0 aliphatic rings. The summed E-state index contributed by atoms with van der Waals surface area (Å²) in [5.74, 6) is 0. The molecule has 0 unspecified atom stereocenters. The number of aliphatic imine (C=N–C) groups is 1. The van der Waals surface area contributed by atoms with Gasteiger partial charge in [0, 0.05) is 6.54 Å². The average molecular weight is 129 g/mol. The Morgan fingerprint density at radius 1 is 1.56 bits per heavy atom. The maximum absolute atomic E-state index is 5.02. The first-order valence-corrected chi connectivity index (χ1v) is 3.32. The molecule has 0 heterocycles. The van der Waals surface area contributed by atoms with Crippen LogP contribution in [0.1, 0.15) is 13.3 Å². The second-order valence-corrected chi connectivity index (χ2v) is 1.81. The van der Waals surface area contributed by atoms with Gasteiger partial charge in [-0.15, -0.1) is 0 Å². The van der Waals surface area contributed by atoms with E-state index in [1.807, 2.05) is 0 Å². The summed E-state index contributed by atoms with van der Waals surface area (Å²) >= 11 is 0. The lowest BCUT2D eigenvalue weighted by Crippen LogP contribution is -2.18. The molecule has 0 aliphatic heterocycles. The molecular weight excluding hydrogens is 114 g/mol. The Morgan fingerprint density at radius 2 is 2.33 bits per heavy atom. The first kappa shape index (κ1) is 8.43. The van der Waals surface area contributed by atoms with Gasteiger partial charge in [0.1, 0.15) is 0 Å². The van der Waals surface area contributed by atoms with Crippen molar-refractivity contribution in [3.8, 4) is 0 Å². The van der Waals surface area contributed by atoms with Gasteiger partial charge >= 0.3 is 0 Å². The summed E-state index contributed by atoms with van der Waals surface area (Å²) < 4.78 is 0. The highest BCUT2D eigenvalue weighted by Gasteiger charge is 1.79. The zero-order chi connectivity index (χ0) is 6.95. The van der Waals surface area contributed by atoms with Crippen LogP contribution in [-0.4, -0.2) is 26.0 Å². The highest BCUT2D eigenvalue weighted by Crippen LogP contribution is 1.69. The van der Waals surface area contributed by atoms with Crippen LogP contribution in [0.5, 0.6) is 0 Å². The van der Waals surface area contributed by atoms with Crippen LogP contribution in [0, 0.1) is 0 Å². The SMILES string of the molecule is CCCNCCN=CN. The van der Waals surface area contributed by atoms with Crippen LogP contribution >= 0.6 is 0 Å². The first-order valence-electron chi connectivity index (χ1n) is 3.32. The Hall–Kier alpha value is -0.570. The van der Waals surface area contributed by atoms with E-state index in [1.54, 1.807) is 0 Å². The minimum atomic E-state index is 0.788. The summed E-state index contributed by atoms with van der Waals surface area (Å²) in [4.78, 5) is 3.83. The number of nitrogens with one attached hydrogen (secondary N) is 1. The lowest BCUT2D eigenvalue weighted by atomic mass is 10.5. The van der Waals surface area contributed by atoms with Crippen LogP contribution in [0.2, 0.25) is 0 Å². The lowest BCUT2D eigenvalue weighted by molar-refractivity contribution is 0.679. The van der Waals surface area contributed by atoms with E-state index >= 15 is 0 Å². The van der Waals surface area contributed by atoms with E-state index < -0.39 is 0 Å². The van der Waals surface area contributed by atoms with Gasteiger partial charge in [0.25, 0.3) is 0 Å². The van der Waals surface area contributed by atoms with Crippen molar-refractivity contribution < 1.29 is 0 Å². The van der Waals surface area contributed by atoms with Crippen molar-refractivity contribution in [2.45, 2.75) is 13.3 Å². The smallest absolute Gasteiger partial charge is 0.0798 e. The van der Waals surface area contributed by atoms with Crippen molar-refractivity contribution in [2.75, 3.05) is 19.6 Å². The second kappa shape index (κ2) is 7.43. The number of rotatable bonds is 5. The fourth-order valence-corrected chi connectivity index (χ4v) is 0.520. The Labute approximate surface area is 56.3 Å². The average Bonchev–Trinajstić information content (AvgIpc) is 1.89. The van der Waals surface area contributed by atoms with E-state index in [0.717, 1.165) is 19.6 Å². The minimum absolute atomic E-state index is 0.788. The van der Waals surface area contributed by atoms with Crippen molar-refractivity contribution in [2.24, 2.45) is 10.7 Å². The van der Waals surface area contributed by atoms with E-state index in [2.05, 4.69) is 17.2 Å². The fraction of sp³-hybridized carbons (Fsp3) is 0.833. The second-order valence-electron chi connectivity index (χ2n) is 1.81. The molecular formula is C6H15N3. The van der Waals surface area contributed by atoms with Gasteiger partial charge in [-0.3, -0.25) is 4.99 Å². The van der Waals surface area contributed by atoms with Gasteiger partial charge in [0.05, 0.1) is 12.9 Å². The molecule has 54 valence electrons. The third-order valence-electron chi connectivity index (χ3n) is 0.950. The fourth-order valence-electron chi connectivity index (χ4n) is 0.520. The lowest BCUT2D eigenvalue weighted by Gasteiger charge is -1.96. The van der Waals surface area contributed by atoms with E-state index in [0.29, 0.717) is 0 Å². The quantitative estimate of drug-likeness (QED) is 0.311. The van der Waals surface area contributed by atoms with Gasteiger partial charge < -0.3 is 11.1 Å². The predicted molar refractivity (Wildman–Crippen MR) is 40.7 cm³/mol. The third-order valence-corrected chi connectivity index (χ3v) is 0.950. The van der Waals surface area contributed by atoms with Crippen molar-refractivity contribution in [3.05, 3.63) is 0 Å². The maximum atomic E-state index is 5.02. The molecule has 0 saturated heterocycles. The molecule has 0 aliphatic carbocycles. The molecule has 0 bridgehead atoms. The van der Waals surface area contributed by atoms with Gasteiger partial charge in [-0.25, -0.2) is 0 Å². The zero-order valence-corrected chi connectivity index (χ0v) is 5.93. The molecule has 0 aromatic heterocycles. The van der Waals surface area contributed by atoms with E-state index in [9.17, 15) is 0 Å². The number of nitrogens with zero attached hydrogens (tertiary/aromatic N) is 1. The van der Waals surface area contributed by atoms with Crippen LogP contribution in [-0.2, 0) is 0 Å². The van der Waals surface area contributed by atoms with E-state index in [-0.39, 0.29) is 0 Å². The summed E-state index contributed by atoms with van der Waals surface area (Å²) in [5.41, 5.74) is 5.02. The summed E-state index contributed by atoms with van der Waals surface area (Å²) in [6.45, 7) is 4.93. The largest absolute Gasteiger partial charge is 0.390 e. The van der Waals surface area contributed by atoms with Gasteiger partial charge in [0.15, 0.2) is 0 Å². The maximum Gasteiger partial charge on any atom is 0.0798 e.